The summed E-state index contributed by atoms with van der Waals surface area (Å²) in [5.74, 6) is -0.419. The zero-order valence-electron chi connectivity index (χ0n) is 13.6. The fourth-order valence-electron chi connectivity index (χ4n) is 3.02. The minimum atomic E-state index is -0.243. The quantitative estimate of drug-likeness (QED) is 0.569. The van der Waals surface area contributed by atoms with Gasteiger partial charge in [-0.2, -0.15) is 0 Å². The van der Waals surface area contributed by atoms with Crippen LogP contribution in [0.2, 0.25) is 0 Å². The molecule has 6 heteroatoms. The number of carbonyl (C=O) groups is 2. The van der Waals surface area contributed by atoms with Crippen LogP contribution in [-0.2, 0) is 9.59 Å². The van der Waals surface area contributed by atoms with Crippen LogP contribution >= 0.6 is 24.0 Å². The Hall–Kier alpha value is -2.44. The maximum atomic E-state index is 13.0. The lowest BCUT2D eigenvalue weighted by atomic mass is 10.1. The molecule has 0 N–H and O–H groups in total. The highest BCUT2D eigenvalue weighted by molar-refractivity contribution is 8.27. The maximum Gasteiger partial charge on any atom is 0.271 e. The number of benzene rings is 2. The lowest BCUT2D eigenvalue weighted by molar-refractivity contribution is -0.115. The molecule has 4 rings (SSSR count). The van der Waals surface area contributed by atoms with Crippen molar-refractivity contribution in [1.29, 1.82) is 0 Å². The van der Waals surface area contributed by atoms with Gasteiger partial charge in [0.05, 0.1) is 21.9 Å². The van der Waals surface area contributed by atoms with E-state index in [1.807, 2.05) is 55.5 Å². The molecule has 0 atom stereocenters. The Bertz CT molecular complexity index is 964. The fraction of sp³-hybridized carbons (Fsp3) is 0.105. The van der Waals surface area contributed by atoms with Crippen molar-refractivity contribution >= 4 is 57.1 Å². The first kappa shape index (κ1) is 16.1. The summed E-state index contributed by atoms with van der Waals surface area (Å²) in [4.78, 5) is 29.2. The topological polar surface area (TPSA) is 40.6 Å². The first-order valence-electron chi connectivity index (χ1n) is 7.73. The second-order valence-electron chi connectivity index (χ2n) is 5.93. The number of fused-ring (bicyclic) bond motifs is 1. The molecule has 0 aliphatic carbocycles. The second kappa shape index (κ2) is 5.82. The summed E-state index contributed by atoms with van der Waals surface area (Å²) in [6.45, 7) is 1.99. The highest BCUT2D eigenvalue weighted by Gasteiger charge is 2.41. The molecule has 1 fully saturated rings. The van der Waals surface area contributed by atoms with E-state index in [1.165, 1.54) is 16.7 Å². The molecule has 0 aromatic heterocycles. The minimum Gasteiger partial charge on any atom is -0.311 e. The van der Waals surface area contributed by atoms with Gasteiger partial charge in [0.2, 0.25) is 0 Å². The number of hydrogen-bond acceptors (Lipinski definition) is 4. The van der Waals surface area contributed by atoms with Crippen molar-refractivity contribution in [2.75, 3.05) is 16.8 Å². The highest BCUT2D eigenvalue weighted by atomic mass is 32.2. The third-order valence-electron chi connectivity index (χ3n) is 4.34. The Kier molecular flexibility index (Phi) is 3.74. The van der Waals surface area contributed by atoms with Crippen LogP contribution < -0.4 is 9.80 Å². The van der Waals surface area contributed by atoms with Gasteiger partial charge in [0.15, 0.2) is 4.32 Å². The molecule has 2 aromatic carbocycles. The van der Waals surface area contributed by atoms with Crippen LogP contribution in [-0.4, -0.2) is 23.2 Å². The number of likely N-dealkylation sites (N-methyl/N-ethyl adjacent to an activating group) is 1. The number of aryl methyl sites for hydroxylation is 1. The van der Waals surface area contributed by atoms with Crippen molar-refractivity contribution in [3.8, 4) is 0 Å². The van der Waals surface area contributed by atoms with Gasteiger partial charge in [0.25, 0.3) is 11.8 Å². The summed E-state index contributed by atoms with van der Waals surface area (Å²) in [7, 11) is 1.72. The predicted octanol–water partition coefficient (Wildman–Crippen LogP) is 3.75. The molecule has 0 radical (unpaired) electrons. The molecule has 124 valence electrons. The van der Waals surface area contributed by atoms with E-state index in [2.05, 4.69) is 0 Å². The van der Waals surface area contributed by atoms with Gasteiger partial charge in [-0.1, -0.05) is 59.9 Å². The molecular formula is C19H14N2O2S2. The van der Waals surface area contributed by atoms with Crippen molar-refractivity contribution in [2.24, 2.45) is 0 Å². The lowest BCUT2D eigenvalue weighted by Gasteiger charge is -2.14. The molecular weight excluding hydrogens is 352 g/mol. The van der Waals surface area contributed by atoms with Crippen LogP contribution in [0.15, 0.2) is 53.4 Å². The van der Waals surface area contributed by atoms with Gasteiger partial charge >= 0.3 is 0 Å². The highest BCUT2D eigenvalue weighted by Crippen LogP contribution is 2.44. The van der Waals surface area contributed by atoms with E-state index < -0.39 is 0 Å². The van der Waals surface area contributed by atoms with Crippen molar-refractivity contribution in [2.45, 2.75) is 6.92 Å². The number of para-hydroxylation sites is 1. The molecule has 2 aromatic rings. The van der Waals surface area contributed by atoms with Crippen molar-refractivity contribution in [3.05, 3.63) is 64.6 Å². The average molecular weight is 366 g/mol. The van der Waals surface area contributed by atoms with Crippen molar-refractivity contribution in [1.82, 2.24) is 0 Å². The molecule has 0 spiro atoms. The van der Waals surface area contributed by atoms with Crippen molar-refractivity contribution in [3.63, 3.8) is 0 Å². The molecule has 2 heterocycles. The van der Waals surface area contributed by atoms with Crippen LogP contribution in [0, 0.1) is 6.92 Å². The zero-order chi connectivity index (χ0) is 17.7. The lowest BCUT2D eigenvalue weighted by Crippen LogP contribution is -2.28. The van der Waals surface area contributed by atoms with Gasteiger partial charge in [0.1, 0.15) is 0 Å². The number of anilines is 2. The summed E-state index contributed by atoms with van der Waals surface area (Å²) >= 11 is 6.61. The number of thiocarbonyl (C=S) groups is 1. The van der Waals surface area contributed by atoms with Crippen molar-refractivity contribution < 1.29 is 9.59 Å². The third kappa shape index (κ3) is 2.41. The summed E-state index contributed by atoms with van der Waals surface area (Å²) in [6, 6.07) is 15.1. The third-order valence-corrected chi connectivity index (χ3v) is 5.71. The summed E-state index contributed by atoms with van der Waals surface area (Å²) < 4.78 is 0.441. The molecule has 4 nitrogen and oxygen atoms in total. The van der Waals surface area contributed by atoms with E-state index in [0.29, 0.717) is 14.8 Å². The van der Waals surface area contributed by atoms with Crippen LogP contribution in [0.3, 0.4) is 0 Å². The molecule has 0 unspecified atom stereocenters. The van der Waals surface area contributed by atoms with Gasteiger partial charge in [-0.15, -0.1) is 0 Å². The first-order valence-corrected chi connectivity index (χ1v) is 8.96. The van der Waals surface area contributed by atoms with Crippen LogP contribution in [0.4, 0.5) is 11.4 Å². The van der Waals surface area contributed by atoms with Gasteiger partial charge in [-0.05, 0) is 25.1 Å². The molecule has 2 aliphatic heterocycles. The Balaban J connectivity index is 1.84. The Morgan fingerprint density at radius 3 is 2.36 bits per heavy atom. The van der Waals surface area contributed by atoms with Gasteiger partial charge < -0.3 is 4.90 Å². The summed E-state index contributed by atoms with van der Waals surface area (Å²) in [5, 5.41) is 0. The number of carbonyl (C=O) groups excluding carboxylic acids is 2. The van der Waals surface area contributed by atoms with E-state index in [0.717, 1.165) is 22.5 Å². The van der Waals surface area contributed by atoms with Crippen LogP contribution in [0.25, 0.3) is 5.57 Å². The molecule has 2 amide bonds. The Morgan fingerprint density at radius 2 is 1.64 bits per heavy atom. The second-order valence-corrected chi connectivity index (χ2v) is 7.57. The maximum absolute atomic E-state index is 13.0. The SMILES string of the molecule is Cc1ccc(N2C(=O)C(=C3C(=O)N(C)c4ccccc43)SC2=S)cc1. The zero-order valence-corrected chi connectivity index (χ0v) is 15.3. The smallest absolute Gasteiger partial charge is 0.271 e. The first-order chi connectivity index (χ1) is 12.0. The number of nitrogens with zero attached hydrogens (tertiary/aromatic N) is 2. The summed E-state index contributed by atoms with van der Waals surface area (Å²) in [5.41, 5.74) is 3.84. The van der Waals surface area contributed by atoms with E-state index in [4.69, 9.17) is 12.2 Å². The van der Waals surface area contributed by atoms with E-state index in [-0.39, 0.29) is 11.8 Å². The standard InChI is InChI=1S/C19H14N2O2S2/c1-11-7-9-12(10-8-11)21-18(23)16(25-19(21)24)15-13-5-3-4-6-14(13)20(2)17(15)22/h3-10H,1-2H3. The minimum absolute atomic E-state index is 0.175. The largest absolute Gasteiger partial charge is 0.311 e. The summed E-state index contributed by atoms with van der Waals surface area (Å²) in [6.07, 6.45) is 0. The average Bonchev–Trinajstić information content (AvgIpc) is 3.03. The van der Waals surface area contributed by atoms with Gasteiger partial charge in [0, 0.05) is 12.6 Å². The van der Waals surface area contributed by atoms with Gasteiger partial charge in [-0.3, -0.25) is 14.5 Å². The molecule has 25 heavy (non-hydrogen) atoms. The van der Waals surface area contributed by atoms with Crippen LogP contribution in [0.1, 0.15) is 11.1 Å². The predicted molar refractivity (Wildman–Crippen MR) is 106 cm³/mol. The Morgan fingerprint density at radius 1 is 0.960 bits per heavy atom. The Labute approximate surface area is 155 Å². The number of thioether (sulfide) groups is 1. The van der Waals surface area contributed by atoms with Gasteiger partial charge in [-0.25, -0.2) is 0 Å². The fourth-order valence-corrected chi connectivity index (χ4v) is 4.40. The number of rotatable bonds is 1. The molecule has 0 saturated carbocycles. The normalized spacial score (nSPS) is 19.8. The van der Waals surface area contributed by atoms with E-state index in [9.17, 15) is 9.59 Å². The number of hydrogen-bond donors (Lipinski definition) is 0. The molecule has 2 aliphatic rings. The molecule has 0 bridgehead atoms. The van der Waals surface area contributed by atoms with E-state index >= 15 is 0 Å². The van der Waals surface area contributed by atoms with E-state index in [1.54, 1.807) is 11.9 Å². The number of amides is 2. The van der Waals surface area contributed by atoms with Crippen LogP contribution in [0.5, 0.6) is 0 Å². The monoisotopic (exact) mass is 366 g/mol. The molecule has 1 saturated heterocycles.